The molecule has 0 aromatic heterocycles. The highest BCUT2D eigenvalue weighted by atomic mass is 35.5. The Labute approximate surface area is 163 Å². The summed E-state index contributed by atoms with van der Waals surface area (Å²) in [5.74, 6) is 1.15. The number of carbonyl (C=O) groups is 1. The maximum atomic E-state index is 12.9. The van der Waals surface area contributed by atoms with Gasteiger partial charge in [0.15, 0.2) is 0 Å². The monoisotopic (exact) mass is 378 g/mol. The van der Waals surface area contributed by atoms with Crippen molar-refractivity contribution in [3.8, 4) is 0 Å². The SMILES string of the molecule is Cl.O=C1C(N2CCN(CC3CCNCC3)CC2)CCN1c1ccccc1. The summed E-state index contributed by atoms with van der Waals surface area (Å²) in [6.07, 6.45) is 3.59. The third kappa shape index (κ3) is 4.39. The van der Waals surface area contributed by atoms with E-state index in [4.69, 9.17) is 0 Å². The third-order valence-corrected chi connectivity index (χ3v) is 6.07. The maximum Gasteiger partial charge on any atom is 0.244 e. The Balaban J connectivity index is 0.00000196. The lowest BCUT2D eigenvalue weighted by atomic mass is 9.97. The fraction of sp³-hybridized carbons (Fsp3) is 0.650. The Morgan fingerprint density at radius 1 is 0.923 bits per heavy atom. The largest absolute Gasteiger partial charge is 0.317 e. The number of para-hydroxylation sites is 1. The predicted octanol–water partition coefficient (Wildman–Crippen LogP) is 1.83. The van der Waals surface area contributed by atoms with E-state index in [0.29, 0.717) is 0 Å². The summed E-state index contributed by atoms with van der Waals surface area (Å²) in [5, 5.41) is 3.45. The molecule has 3 aliphatic heterocycles. The van der Waals surface area contributed by atoms with Crippen LogP contribution in [0.2, 0.25) is 0 Å². The summed E-state index contributed by atoms with van der Waals surface area (Å²) < 4.78 is 0. The van der Waals surface area contributed by atoms with Crippen LogP contribution in [0.25, 0.3) is 0 Å². The van der Waals surface area contributed by atoms with Crippen molar-refractivity contribution in [3.05, 3.63) is 30.3 Å². The number of carbonyl (C=O) groups excluding carboxylic acids is 1. The molecular weight excluding hydrogens is 348 g/mol. The van der Waals surface area contributed by atoms with Gasteiger partial charge in [-0.15, -0.1) is 12.4 Å². The van der Waals surface area contributed by atoms with Gasteiger partial charge in [0.2, 0.25) is 5.91 Å². The molecule has 3 heterocycles. The first kappa shape index (κ1) is 19.6. The Kier molecular flexibility index (Phi) is 6.92. The zero-order valence-corrected chi connectivity index (χ0v) is 16.3. The Hall–Kier alpha value is -1.14. The molecule has 1 aromatic rings. The van der Waals surface area contributed by atoms with Gasteiger partial charge in [-0.2, -0.15) is 0 Å². The van der Waals surface area contributed by atoms with E-state index in [-0.39, 0.29) is 24.4 Å². The highest BCUT2D eigenvalue weighted by Crippen LogP contribution is 2.25. The molecule has 144 valence electrons. The number of nitrogens with one attached hydrogen (secondary N) is 1. The highest BCUT2D eigenvalue weighted by Gasteiger charge is 2.37. The lowest BCUT2D eigenvalue weighted by Gasteiger charge is -2.39. The Morgan fingerprint density at radius 3 is 2.31 bits per heavy atom. The van der Waals surface area contributed by atoms with E-state index in [1.807, 2.05) is 35.2 Å². The van der Waals surface area contributed by atoms with Crippen molar-refractivity contribution in [2.75, 3.05) is 57.3 Å². The second kappa shape index (κ2) is 9.18. The van der Waals surface area contributed by atoms with Crippen molar-refractivity contribution >= 4 is 24.0 Å². The van der Waals surface area contributed by atoms with E-state index < -0.39 is 0 Å². The van der Waals surface area contributed by atoms with Crippen LogP contribution in [0.1, 0.15) is 19.3 Å². The lowest BCUT2D eigenvalue weighted by Crippen LogP contribution is -2.53. The maximum absolute atomic E-state index is 12.9. The van der Waals surface area contributed by atoms with E-state index in [9.17, 15) is 4.79 Å². The van der Waals surface area contributed by atoms with Crippen LogP contribution in [0.3, 0.4) is 0 Å². The smallest absolute Gasteiger partial charge is 0.244 e. The zero-order chi connectivity index (χ0) is 17.1. The third-order valence-electron chi connectivity index (χ3n) is 6.07. The molecular formula is C20H31ClN4O. The normalized spacial score (nSPS) is 26.1. The van der Waals surface area contributed by atoms with E-state index in [2.05, 4.69) is 15.1 Å². The molecule has 5 nitrogen and oxygen atoms in total. The molecule has 1 aromatic carbocycles. The highest BCUT2D eigenvalue weighted by molar-refractivity contribution is 5.99. The number of halogens is 1. The molecule has 0 aliphatic carbocycles. The van der Waals surface area contributed by atoms with Crippen molar-refractivity contribution in [1.29, 1.82) is 0 Å². The second-order valence-corrected chi connectivity index (χ2v) is 7.66. The number of hydrogen-bond donors (Lipinski definition) is 1. The number of anilines is 1. The first-order chi connectivity index (χ1) is 12.3. The van der Waals surface area contributed by atoms with Gasteiger partial charge in [-0.05, 0) is 50.4 Å². The molecule has 0 spiro atoms. The summed E-state index contributed by atoms with van der Waals surface area (Å²) >= 11 is 0. The van der Waals surface area contributed by atoms with Crippen molar-refractivity contribution < 1.29 is 4.79 Å². The quantitative estimate of drug-likeness (QED) is 0.867. The van der Waals surface area contributed by atoms with Gasteiger partial charge in [0.05, 0.1) is 6.04 Å². The molecule has 0 bridgehead atoms. The first-order valence-corrected chi connectivity index (χ1v) is 9.85. The number of nitrogens with zero attached hydrogens (tertiary/aromatic N) is 3. The van der Waals surface area contributed by atoms with Gasteiger partial charge in [0.1, 0.15) is 0 Å². The molecule has 1 atom stereocenters. The van der Waals surface area contributed by atoms with Gasteiger partial charge in [0, 0.05) is 45.0 Å². The number of rotatable bonds is 4. The molecule has 3 aliphatic rings. The molecule has 3 saturated heterocycles. The molecule has 1 unspecified atom stereocenters. The number of hydrogen-bond acceptors (Lipinski definition) is 4. The number of amides is 1. The van der Waals surface area contributed by atoms with Gasteiger partial charge in [-0.25, -0.2) is 0 Å². The van der Waals surface area contributed by atoms with Gasteiger partial charge >= 0.3 is 0 Å². The minimum absolute atomic E-state index is 0. The molecule has 1 amide bonds. The van der Waals surface area contributed by atoms with E-state index in [1.54, 1.807) is 0 Å². The first-order valence-electron chi connectivity index (χ1n) is 9.85. The number of piperidine rings is 1. The number of benzene rings is 1. The van der Waals surface area contributed by atoms with Crippen LogP contribution in [0.15, 0.2) is 30.3 Å². The molecule has 1 N–H and O–H groups in total. The van der Waals surface area contributed by atoms with Gasteiger partial charge in [0.25, 0.3) is 0 Å². The van der Waals surface area contributed by atoms with Crippen molar-refractivity contribution in [2.45, 2.75) is 25.3 Å². The van der Waals surface area contributed by atoms with E-state index >= 15 is 0 Å². The minimum Gasteiger partial charge on any atom is -0.317 e. The van der Waals surface area contributed by atoms with Gasteiger partial charge in [-0.3, -0.25) is 9.69 Å². The Bertz CT molecular complexity index is 570. The molecule has 4 rings (SSSR count). The van der Waals surface area contributed by atoms with Gasteiger partial charge < -0.3 is 15.1 Å². The van der Waals surface area contributed by atoms with Gasteiger partial charge in [-0.1, -0.05) is 18.2 Å². The van der Waals surface area contributed by atoms with Crippen LogP contribution in [0.5, 0.6) is 0 Å². The summed E-state index contributed by atoms with van der Waals surface area (Å²) in [6.45, 7) is 8.73. The van der Waals surface area contributed by atoms with Crippen molar-refractivity contribution in [1.82, 2.24) is 15.1 Å². The topological polar surface area (TPSA) is 38.8 Å². The zero-order valence-electron chi connectivity index (χ0n) is 15.5. The van der Waals surface area contributed by atoms with Crippen molar-refractivity contribution in [3.63, 3.8) is 0 Å². The molecule has 0 saturated carbocycles. The summed E-state index contributed by atoms with van der Waals surface area (Å²) in [5.41, 5.74) is 1.04. The molecule has 3 fully saturated rings. The van der Waals surface area contributed by atoms with Crippen LogP contribution in [-0.4, -0.2) is 74.1 Å². The molecule has 6 heteroatoms. The standard InChI is InChI=1S/C20H30N4O.ClH/c25-20-19(8-11-24(20)18-4-2-1-3-5-18)23-14-12-22(13-15-23)16-17-6-9-21-10-7-17;/h1-5,17,19,21H,6-16H2;1H. The lowest BCUT2D eigenvalue weighted by molar-refractivity contribution is -0.122. The second-order valence-electron chi connectivity index (χ2n) is 7.66. The van der Waals surface area contributed by atoms with Crippen LogP contribution < -0.4 is 10.2 Å². The average Bonchev–Trinajstić information content (AvgIpc) is 3.05. The van der Waals surface area contributed by atoms with Crippen LogP contribution in [0.4, 0.5) is 5.69 Å². The van der Waals surface area contributed by atoms with E-state index in [1.165, 1.54) is 32.5 Å². The molecule has 0 radical (unpaired) electrons. The van der Waals surface area contributed by atoms with Crippen molar-refractivity contribution in [2.24, 2.45) is 5.92 Å². The van der Waals surface area contributed by atoms with Crippen LogP contribution in [-0.2, 0) is 4.79 Å². The molecule has 26 heavy (non-hydrogen) atoms. The van der Waals surface area contributed by atoms with E-state index in [0.717, 1.165) is 50.7 Å². The average molecular weight is 379 g/mol. The Morgan fingerprint density at radius 2 is 1.62 bits per heavy atom. The predicted molar refractivity (Wildman–Crippen MR) is 108 cm³/mol. The summed E-state index contributed by atoms with van der Waals surface area (Å²) in [4.78, 5) is 19.9. The van der Waals surface area contributed by atoms with Crippen LogP contribution >= 0.6 is 12.4 Å². The fourth-order valence-electron chi connectivity index (χ4n) is 4.55. The summed E-state index contributed by atoms with van der Waals surface area (Å²) in [7, 11) is 0. The van der Waals surface area contributed by atoms with Crippen LogP contribution in [0, 0.1) is 5.92 Å². The summed E-state index contributed by atoms with van der Waals surface area (Å²) in [6, 6.07) is 10.2. The fourth-order valence-corrected chi connectivity index (χ4v) is 4.55. The minimum atomic E-state index is 0. The number of piperazine rings is 1.